The molecule has 0 radical (unpaired) electrons. The molecule has 11 heteroatoms. The van der Waals surface area contributed by atoms with E-state index in [0.29, 0.717) is 24.4 Å². The highest BCUT2D eigenvalue weighted by Gasteiger charge is 2.40. The number of ether oxygens (including phenoxy) is 3. The fourth-order valence-corrected chi connectivity index (χ4v) is 7.21. The van der Waals surface area contributed by atoms with Crippen LogP contribution in [0, 0.1) is 17.8 Å². The van der Waals surface area contributed by atoms with Gasteiger partial charge in [0.15, 0.2) is 5.76 Å². The standard InChI is InChI=1S/C37H53N3O8/c1-28-10-11-34(38-25-28)40(35(44)33-9-8-23-46-33)32-12-20-39(21-13-32)22-18-36(14-6-5-7-15-36)16-17-37(26-47-30(3)42,27-48-31(4)43)19-24-45-29(2)41/h8-11,23,25,32H,5-7,12-22,24,26-27H2,1-4H3. The highest BCUT2D eigenvalue weighted by Crippen LogP contribution is 2.46. The van der Waals surface area contributed by atoms with Crippen molar-refractivity contribution in [2.45, 2.75) is 104 Å². The van der Waals surface area contributed by atoms with Crippen molar-refractivity contribution < 1.29 is 37.8 Å². The fraction of sp³-hybridized carbons (Fsp3) is 0.649. The molecular formula is C37H53N3O8. The average molecular weight is 668 g/mol. The number of rotatable bonds is 16. The number of aromatic nitrogens is 1. The summed E-state index contributed by atoms with van der Waals surface area (Å²) >= 11 is 0. The smallest absolute Gasteiger partial charge is 0.302 e. The van der Waals surface area contributed by atoms with Crippen molar-refractivity contribution >= 4 is 29.6 Å². The second-order valence-electron chi connectivity index (χ2n) is 13.9. The number of anilines is 1. The zero-order valence-electron chi connectivity index (χ0n) is 29.2. The first-order chi connectivity index (χ1) is 23.0. The molecule has 2 fully saturated rings. The van der Waals surface area contributed by atoms with Crippen LogP contribution in [0.25, 0.3) is 0 Å². The maximum Gasteiger partial charge on any atom is 0.302 e. The van der Waals surface area contributed by atoms with Crippen molar-refractivity contribution in [3.05, 3.63) is 48.0 Å². The minimum Gasteiger partial charge on any atom is -0.466 e. The van der Waals surface area contributed by atoms with E-state index in [1.165, 1.54) is 46.3 Å². The first kappa shape index (κ1) is 37.1. The van der Waals surface area contributed by atoms with Crippen molar-refractivity contribution in [2.75, 3.05) is 44.4 Å². The molecule has 0 unspecified atom stereocenters. The van der Waals surface area contributed by atoms with Crippen LogP contribution < -0.4 is 4.90 Å². The summed E-state index contributed by atoms with van der Waals surface area (Å²) in [5.74, 6) is -0.386. The van der Waals surface area contributed by atoms with E-state index in [1.54, 1.807) is 23.2 Å². The van der Waals surface area contributed by atoms with Crippen molar-refractivity contribution in [2.24, 2.45) is 10.8 Å². The number of carbonyl (C=O) groups excluding carboxylic acids is 4. The van der Waals surface area contributed by atoms with Gasteiger partial charge >= 0.3 is 17.9 Å². The monoisotopic (exact) mass is 667 g/mol. The van der Waals surface area contributed by atoms with E-state index >= 15 is 0 Å². The Kier molecular flexibility index (Phi) is 13.6. The van der Waals surface area contributed by atoms with E-state index in [1.807, 2.05) is 19.1 Å². The summed E-state index contributed by atoms with van der Waals surface area (Å²) in [6, 6.07) is 7.33. The highest BCUT2D eigenvalue weighted by molar-refractivity contribution is 6.04. The molecule has 0 atom stereocenters. The lowest BCUT2D eigenvalue weighted by Crippen LogP contribution is -2.48. The van der Waals surface area contributed by atoms with Crippen LogP contribution in [0.15, 0.2) is 41.1 Å². The molecule has 11 nitrogen and oxygen atoms in total. The highest BCUT2D eigenvalue weighted by atomic mass is 16.6. The van der Waals surface area contributed by atoms with Crippen LogP contribution in [0.3, 0.4) is 0 Å². The van der Waals surface area contributed by atoms with E-state index in [9.17, 15) is 19.2 Å². The molecule has 0 N–H and O–H groups in total. The molecule has 1 saturated heterocycles. The van der Waals surface area contributed by atoms with Gasteiger partial charge in [0.1, 0.15) is 19.0 Å². The van der Waals surface area contributed by atoms with Crippen LogP contribution in [-0.2, 0) is 28.6 Å². The Morgan fingerprint density at radius 3 is 2.15 bits per heavy atom. The minimum absolute atomic E-state index is 0.0121. The van der Waals surface area contributed by atoms with Gasteiger partial charge in [0.05, 0.1) is 12.9 Å². The quantitative estimate of drug-likeness (QED) is 0.149. The number of esters is 3. The third-order valence-electron chi connectivity index (χ3n) is 10.2. The average Bonchev–Trinajstić information content (AvgIpc) is 3.62. The summed E-state index contributed by atoms with van der Waals surface area (Å²) < 4.78 is 21.8. The largest absolute Gasteiger partial charge is 0.466 e. The lowest BCUT2D eigenvalue weighted by atomic mass is 9.66. The first-order valence-corrected chi connectivity index (χ1v) is 17.4. The molecule has 2 aromatic heterocycles. The van der Waals surface area contributed by atoms with Crippen LogP contribution in [0.2, 0.25) is 0 Å². The number of aryl methyl sites for hydroxylation is 1. The van der Waals surface area contributed by atoms with Gasteiger partial charge in [0, 0.05) is 51.5 Å². The zero-order chi connectivity index (χ0) is 34.6. The maximum atomic E-state index is 13.6. The number of piperidine rings is 1. The second kappa shape index (κ2) is 17.6. The predicted octanol–water partition coefficient (Wildman–Crippen LogP) is 6.28. The third-order valence-corrected chi connectivity index (χ3v) is 10.2. The molecule has 3 heterocycles. The van der Waals surface area contributed by atoms with E-state index in [4.69, 9.17) is 18.6 Å². The molecule has 1 aliphatic heterocycles. The lowest BCUT2D eigenvalue weighted by molar-refractivity contribution is -0.156. The van der Waals surface area contributed by atoms with Crippen molar-refractivity contribution in [3.8, 4) is 0 Å². The number of nitrogens with zero attached hydrogens (tertiary/aromatic N) is 3. The number of hydrogen-bond donors (Lipinski definition) is 0. The molecule has 0 spiro atoms. The lowest BCUT2D eigenvalue weighted by Gasteiger charge is -2.43. The number of amides is 1. The molecular weight excluding hydrogens is 614 g/mol. The normalized spacial score (nSPS) is 17.0. The third kappa shape index (κ3) is 10.9. The maximum absolute atomic E-state index is 13.6. The fourth-order valence-electron chi connectivity index (χ4n) is 7.21. The molecule has 2 aliphatic rings. The Balaban J connectivity index is 1.42. The van der Waals surface area contributed by atoms with Crippen LogP contribution in [0.1, 0.15) is 108 Å². The van der Waals surface area contributed by atoms with Crippen molar-refractivity contribution in [3.63, 3.8) is 0 Å². The van der Waals surface area contributed by atoms with Gasteiger partial charge in [-0.3, -0.25) is 24.1 Å². The summed E-state index contributed by atoms with van der Waals surface area (Å²) in [6.07, 6.45) is 13.8. The summed E-state index contributed by atoms with van der Waals surface area (Å²) in [4.78, 5) is 57.8. The summed E-state index contributed by atoms with van der Waals surface area (Å²) in [6.45, 7) is 9.17. The van der Waals surface area contributed by atoms with Crippen LogP contribution >= 0.6 is 0 Å². The van der Waals surface area contributed by atoms with Gasteiger partial charge in [-0.05, 0) is 94.0 Å². The number of hydrogen-bond acceptors (Lipinski definition) is 10. The molecule has 48 heavy (non-hydrogen) atoms. The van der Waals surface area contributed by atoms with Gasteiger partial charge in [-0.15, -0.1) is 0 Å². The van der Waals surface area contributed by atoms with Crippen LogP contribution in [-0.4, -0.2) is 79.2 Å². The number of pyridine rings is 1. The number of carbonyl (C=O) groups is 4. The molecule has 1 amide bonds. The summed E-state index contributed by atoms with van der Waals surface area (Å²) in [5, 5.41) is 0. The molecule has 264 valence electrons. The molecule has 0 bridgehead atoms. The Hall–Kier alpha value is -3.73. The Bertz CT molecular complexity index is 1310. The topological polar surface area (TPSA) is 128 Å². The zero-order valence-corrected chi connectivity index (χ0v) is 29.2. The van der Waals surface area contributed by atoms with Gasteiger partial charge in [0.25, 0.3) is 5.91 Å². The molecule has 1 saturated carbocycles. The first-order valence-electron chi connectivity index (χ1n) is 17.4. The Morgan fingerprint density at radius 1 is 0.917 bits per heavy atom. The van der Waals surface area contributed by atoms with Crippen LogP contribution in [0.5, 0.6) is 0 Å². The van der Waals surface area contributed by atoms with E-state index < -0.39 is 17.4 Å². The van der Waals surface area contributed by atoms with Gasteiger partial charge < -0.3 is 23.5 Å². The number of likely N-dealkylation sites (tertiary alicyclic amines) is 1. The van der Waals surface area contributed by atoms with Crippen molar-refractivity contribution in [1.82, 2.24) is 9.88 Å². The predicted molar refractivity (Wildman–Crippen MR) is 180 cm³/mol. The summed E-state index contributed by atoms with van der Waals surface area (Å²) in [7, 11) is 0. The van der Waals surface area contributed by atoms with E-state index in [-0.39, 0.29) is 43.2 Å². The van der Waals surface area contributed by atoms with Gasteiger partial charge in [-0.25, -0.2) is 4.98 Å². The summed E-state index contributed by atoms with van der Waals surface area (Å²) in [5.41, 5.74) is 0.500. The molecule has 1 aliphatic carbocycles. The number of furan rings is 1. The van der Waals surface area contributed by atoms with Crippen LogP contribution in [0.4, 0.5) is 5.82 Å². The SMILES string of the molecule is CC(=O)OCCC(CCC1(CCN2CCC(N(C(=O)c3ccco3)c3ccc(C)cn3)CC2)CCCCC1)(COC(C)=O)COC(C)=O. The Labute approximate surface area is 284 Å². The van der Waals surface area contributed by atoms with Gasteiger partial charge in [0.2, 0.25) is 0 Å². The molecule has 4 rings (SSSR count). The molecule has 0 aromatic carbocycles. The van der Waals surface area contributed by atoms with E-state index in [0.717, 1.165) is 63.7 Å². The molecule has 2 aromatic rings. The Morgan fingerprint density at radius 2 is 1.58 bits per heavy atom. The van der Waals surface area contributed by atoms with Gasteiger partial charge in [-0.1, -0.05) is 25.3 Å². The van der Waals surface area contributed by atoms with E-state index in [2.05, 4.69) is 9.88 Å². The van der Waals surface area contributed by atoms with Crippen molar-refractivity contribution in [1.29, 1.82) is 0 Å². The second-order valence-corrected chi connectivity index (χ2v) is 13.9. The van der Waals surface area contributed by atoms with Gasteiger partial charge in [-0.2, -0.15) is 0 Å². The minimum atomic E-state index is -0.649.